The summed E-state index contributed by atoms with van der Waals surface area (Å²) in [6.45, 7) is 2.15. The Bertz CT molecular complexity index is 603. The lowest BCUT2D eigenvalue weighted by atomic mass is 10.1. The Balaban J connectivity index is 2.54. The van der Waals surface area contributed by atoms with Crippen LogP contribution < -0.4 is 4.90 Å². The van der Waals surface area contributed by atoms with Gasteiger partial charge in [0.05, 0.1) is 11.3 Å². The van der Waals surface area contributed by atoms with Crippen LogP contribution in [-0.2, 0) is 4.79 Å². The average Bonchev–Trinajstić information content (AvgIpc) is 2.69. The van der Waals surface area contributed by atoms with Crippen LogP contribution in [0.25, 0.3) is 0 Å². The van der Waals surface area contributed by atoms with E-state index in [4.69, 9.17) is 6.42 Å². The first kappa shape index (κ1) is 13.6. The lowest BCUT2D eigenvalue weighted by Gasteiger charge is -2.21. The molecule has 4 nitrogen and oxygen atoms in total. The summed E-state index contributed by atoms with van der Waals surface area (Å²) >= 11 is 3.27. The molecule has 0 aliphatic carbocycles. The Hall–Kier alpha value is -1.80. The van der Waals surface area contributed by atoms with Crippen LogP contribution in [0.1, 0.15) is 22.3 Å². The molecule has 1 unspecified atom stereocenters. The molecule has 5 heteroatoms. The van der Waals surface area contributed by atoms with Crippen LogP contribution in [0.3, 0.4) is 0 Å². The summed E-state index contributed by atoms with van der Waals surface area (Å²) in [7, 11) is 0. The van der Waals surface area contributed by atoms with Crippen LogP contribution in [-0.4, -0.2) is 23.5 Å². The van der Waals surface area contributed by atoms with Crippen LogP contribution in [0.4, 0.5) is 5.69 Å². The predicted octanol–water partition coefficient (Wildman–Crippen LogP) is 2.44. The highest BCUT2D eigenvalue weighted by atomic mass is 79.9. The molecular formula is C14H12BrNO3. The van der Waals surface area contributed by atoms with Gasteiger partial charge in [-0.3, -0.25) is 4.79 Å². The zero-order valence-electron chi connectivity index (χ0n) is 10.3. The molecule has 1 saturated heterocycles. The Labute approximate surface area is 119 Å². The summed E-state index contributed by atoms with van der Waals surface area (Å²) < 4.78 is 0.672. The highest BCUT2D eigenvalue weighted by Crippen LogP contribution is 2.33. The molecule has 1 aromatic rings. The van der Waals surface area contributed by atoms with Gasteiger partial charge in [0.1, 0.15) is 0 Å². The Morgan fingerprint density at radius 3 is 2.79 bits per heavy atom. The van der Waals surface area contributed by atoms with Crippen molar-refractivity contribution in [2.45, 2.75) is 13.3 Å². The standard InChI is InChI=1S/C14H12BrNO3/c1-3-9-5-12(17)16(7-9)13-8(2)4-10(15)6-11(13)14(18)19/h1,4,6,9H,5,7H2,2H3,(H,18,19). The summed E-state index contributed by atoms with van der Waals surface area (Å²) in [5, 5.41) is 9.29. The number of carbonyl (C=O) groups is 2. The number of aromatic carboxylic acids is 1. The number of anilines is 1. The molecule has 1 atom stereocenters. The van der Waals surface area contributed by atoms with Gasteiger partial charge in [-0.25, -0.2) is 4.79 Å². The third kappa shape index (κ3) is 2.49. The minimum atomic E-state index is -1.06. The second kappa shape index (κ2) is 5.06. The van der Waals surface area contributed by atoms with Crippen LogP contribution in [0.2, 0.25) is 0 Å². The second-order valence-corrected chi connectivity index (χ2v) is 5.41. The molecule has 0 bridgehead atoms. The summed E-state index contributed by atoms with van der Waals surface area (Å²) in [4.78, 5) is 24.8. The first-order valence-electron chi connectivity index (χ1n) is 5.74. The second-order valence-electron chi connectivity index (χ2n) is 4.50. The summed E-state index contributed by atoms with van der Waals surface area (Å²) in [5.41, 5.74) is 1.29. The van der Waals surface area contributed by atoms with Gasteiger partial charge in [0.15, 0.2) is 0 Å². The molecule has 2 rings (SSSR count). The minimum absolute atomic E-state index is 0.109. The molecule has 0 saturated carbocycles. The Morgan fingerprint density at radius 2 is 2.26 bits per heavy atom. The molecule has 1 aliphatic heterocycles. The number of hydrogen-bond donors (Lipinski definition) is 1. The minimum Gasteiger partial charge on any atom is -0.478 e. The smallest absolute Gasteiger partial charge is 0.337 e. The molecule has 19 heavy (non-hydrogen) atoms. The quantitative estimate of drug-likeness (QED) is 0.851. The lowest BCUT2D eigenvalue weighted by molar-refractivity contribution is -0.117. The van der Waals surface area contributed by atoms with Crippen molar-refractivity contribution in [3.63, 3.8) is 0 Å². The first-order valence-corrected chi connectivity index (χ1v) is 6.53. The maximum Gasteiger partial charge on any atom is 0.337 e. The lowest BCUT2D eigenvalue weighted by Crippen LogP contribution is -2.27. The van der Waals surface area contributed by atoms with Gasteiger partial charge in [-0.1, -0.05) is 15.9 Å². The van der Waals surface area contributed by atoms with Gasteiger partial charge in [0.25, 0.3) is 0 Å². The van der Waals surface area contributed by atoms with Crippen molar-refractivity contribution in [2.24, 2.45) is 5.92 Å². The number of benzene rings is 1. The van der Waals surface area contributed by atoms with Gasteiger partial charge in [-0.15, -0.1) is 12.3 Å². The molecule has 1 aliphatic rings. The van der Waals surface area contributed by atoms with Crippen molar-refractivity contribution in [2.75, 3.05) is 11.4 Å². The number of nitrogens with zero attached hydrogens (tertiary/aromatic N) is 1. The van der Waals surface area contributed by atoms with E-state index in [0.29, 0.717) is 16.7 Å². The van der Waals surface area contributed by atoms with E-state index in [1.54, 1.807) is 13.0 Å². The third-order valence-corrected chi connectivity index (χ3v) is 3.58. The molecular weight excluding hydrogens is 310 g/mol. The van der Waals surface area contributed by atoms with Crippen LogP contribution in [0, 0.1) is 25.2 Å². The number of aryl methyl sites for hydroxylation is 1. The van der Waals surface area contributed by atoms with E-state index in [1.165, 1.54) is 11.0 Å². The molecule has 1 fully saturated rings. The van der Waals surface area contributed by atoms with E-state index < -0.39 is 5.97 Å². The summed E-state index contributed by atoms with van der Waals surface area (Å²) in [5.74, 6) is 1.21. The fourth-order valence-electron chi connectivity index (χ4n) is 2.29. The van der Waals surface area contributed by atoms with Gasteiger partial charge in [-0.05, 0) is 24.6 Å². The van der Waals surface area contributed by atoms with Gasteiger partial charge in [0.2, 0.25) is 5.91 Å². The van der Waals surface area contributed by atoms with Crippen molar-refractivity contribution < 1.29 is 14.7 Å². The maximum atomic E-state index is 12.0. The fraction of sp³-hybridized carbons (Fsp3) is 0.286. The summed E-state index contributed by atoms with van der Waals surface area (Å²) in [6, 6.07) is 3.29. The van der Waals surface area contributed by atoms with Crippen LogP contribution >= 0.6 is 15.9 Å². The van der Waals surface area contributed by atoms with Crippen molar-refractivity contribution >= 4 is 33.5 Å². The first-order chi connectivity index (χ1) is 8.93. The van der Waals surface area contributed by atoms with E-state index in [9.17, 15) is 14.7 Å². The molecule has 1 N–H and O–H groups in total. The van der Waals surface area contributed by atoms with Crippen molar-refractivity contribution in [3.05, 3.63) is 27.7 Å². The van der Waals surface area contributed by atoms with Crippen molar-refractivity contribution in [1.82, 2.24) is 0 Å². The number of terminal acetylenes is 1. The highest BCUT2D eigenvalue weighted by Gasteiger charge is 2.32. The molecule has 1 aromatic carbocycles. The molecule has 0 aromatic heterocycles. The molecule has 0 spiro atoms. The number of carbonyl (C=O) groups excluding carboxylic acids is 1. The van der Waals surface area contributed by atoms with Crippen molar-refractivity contribution in [1.29, 1.82) is 0 Å². The topological polar surface area (TPSA) is 57.6 Å². The molecule has 1 amide bonds. The SMILES string of the molecule is C#CC1CC(=O)N(c2c(C)cc(Br)cc2C(=O)O)C1. The number of amides is 1. The van der Waals surface area contributed by atoms with Gasteiger partial charge < -0.3 is 10.0 Å². The largest absolute Gasteiger partial charge is 0.478 e. The number of rotatable bonds is 2. The van der Waals surface area contributed by atoms with Crippen molar-refractivity contribution in [3.8, 4) is 12.3 Å². The zero-order valence-corrected chi connectivity index (χ0v) is 11.9. The molecule has 0 radical (unpaired) electrons. The van der Waals surface area contributed by atoms with E-state index in [0.717, 1.165) is 5.56 Å². The van der Waals surface area contributed by atoms with Gasteiger partial charge in [-0.2, -0.15) is 0 Å². The van der Waals surface area contributed by atoms with E-state index in [-0.39, 0.29) is 23.8 Å². The Morgan fingerprint density at radius 1 is 1.58 bits per heavy atom. The molecule has 98 valence electrons. The normalized spacial score (nSPS) is 18.5. The Kier molecular flexibility index (Phi) is 3.63. The van der Waals surface area contributed by atoms with Crippen LogP contribution in [0.5, 0.6) is 0 Å². The third-order valence-electron chi connectivity index (χ3n) is 3.13. The van der Waals surface area contributed by atoms with E-state index in [1.807, 2.05) is 0 Å². The highest BCUT2D eigenvalue weighted by molar-refractivity contribution is 9.10. The summed E-state index contributed by atoms with van der Waals surface area (Å²) in [6.07, 6.45) is 5.61. The number of carboxylic acid groups (broad SMARTS) is 1. The fourth-order valence-corrected chi connectivity index (χ4v) is 2.86. The zero-order chi connectivity index (χ0) is 14.2. The van der Waals surface area contributed by atoms with Gasteiger partial charge >= 0.3 is 5.97 Å². The monoisotopic (exact) mass is 321 g/mol. The predicted molar refractivity (Wildman–Crippen MR) is 75.1 cm³/mol. The van der Waals surface area contributed by atoms with Gasteiger partial charge in [0, 0.05) is 23.4 Å². The van der Waals surface area contributed by atoms with E-state index in [2.05, 4.69) is 21.9 Å². The van der Waals surface area contributed by atoms with Crippen LogP contribution in [0.15, 0.2) is 16.6 Å². The number of hydrogen-bond acceptors (Lipinski definition) is 2. The van der Waals surface area contributed by atoms with E-state index >= 15 is 0 Å². The average molecular weight is 322 g/mol. The number of carboxylic acids is 1. The molecule has 1 heterocycles. The number of halogens is 1. The maximum absolute atomic E-state index is 12.0.